The minimum Gasteiger partial charge on any atom is -0.479 e. The number of hydrogen-bond acceptors (Lipinski definition) is 5. The molecule has 0 radical (unpaired) electrons. The van der Waals surface area contributed by atoms with Crippen molar-refractivity contribution in [1.29, 1.82) is 0 Å². The van der Waals surface area contributed by atoms with E-state index in [0.717, 1.165) is 0 Å². The Kier molecular flexibility index (Phi) is 4.53. The van der Waals surface area contributed by atoms with Crippen LogP contribution in [0.1, 0.15) is 12.8 Å². The minimum absolute atomic E-state index is 0.144. The summed E-state index contributed by atoms with van der Waals surface area (Å²) in [5.74, 6) is -2.34. The van der Waals surface area contributed by atoms with Gasteiger partial charge in [-0.15, -0.1) is 0 Å². The largest absolute Gasteiger partial charge is 0.479 e. The summed E-state index contributed by atoms with van der Waals surface area (Å²) in [5, 5.41) is 25.6. The molecule has 13 heavy (non-hydrogen) atoms. The number of ketones is 1. The van der Waals surface area contributed by atoms with Gasteiger partial charge in [-0.2, -0.15) is 0 Å². The van der Waals surface area contributed by atoms with Crippen LogP contribution < -0.4 is 5.73 Å². The summed E-state index contributed by atoms with van der Waals surface area (Å²) < 4.78 is 0. The van der Waals surface area contributed by atoms with Crippen LogP contribution in [0.5, 0.6) is 0 Å². The number of carbonyl (C=O) groups is 2. The molecule has 0 aliphatic heterocycles. The number of aliphatic carboxylic acids is 1. The van der Waals surface area contributed by atoms with Gasteiger partial charge in [0.25, 0.3) is 0 Å². The fourth-order valence-electron chi connectivity index (χ4n) is 0.738. The molecule has 0 rings (SSSR count). The van der Waals surface area contributed by atoms with Gasteiger partial charge in [0.05, 0.1) is 6.61 Å². The maximum Gasteiger partial charge on any atom is 0.333 e. The fraction of sp³-hybridized carbons (Fsp3) is 0.714. The second-order valence-corrected chi connectivity index (χ2v) is 2.68. The first-order valence-corrected chi connectivity index (χ1v) is 3.76. The van der Waals surface area contributed by atoms with Crippen LogP contribution in [0, 0.1) is 0 Å². The zero-order valence-corrected chi connectivity index (χ0v) is 7.06. The van der Waals surface area contributed by atoms with E-state index in [4.69, 9.17) is 21.1 Å². The van der Waals surface area contributed by atoms with Crippen LogP contribution >= 0.6 is 0 Å². The van der Waals surface area contributed by atoms with Crippen molar-refractivity contribution in [3.63, 3.8) is 0 Å². The van der Waals surface area contributed by atoms with Crippen LogP contribution in [-0.4, -0.2) is 45.8 Å². The van der Waals surface area contributed by atoms with Crippen LogP contribution in [0.15, 0.2) is 0 Å². The Balaban J connectivity index is 4.39. The lowest BCUT2D eigenvalue weighted by atomic mass is 9.93. The van der Waals surface area contributed by atoms with Crippen LogP contribution in [-0.2, 0) is 9.59 Å². The second kappa shape index (κ2) is 4.90. The first kappa shape index (κ1) is 12.0. The molecule has 0 bridgehead atoms. The summed E-state index contributed by atoms with van der Waals surface area (Å²) in [6.45, 7) is -1.15. The van der Waals surface area contributed by atoms with Crippen LogP contribution in [0.2, 0.25) is 0 Å². The quantitative estimate of drug-likeness (QED) is 0.364. The van der Waals surface area contributed by atoms with Crippen molar-refractivity contribution in [2.45, 2.75) is 18.4 Å². The molecule has 0 aliphatic rings. The average Bonchev–Trinajstić information content (AvgIpc) is 2.12. The lowest BCUT2D eigenvalue weighted by Gasteiger charge is -2.19. The number of carbonyl (C=O) groups excluding carboxylic acids is 1. The van der Waals surface area contributed by atoms with Crippen molar-refractivity contribution in [2.24, 2.45) is 5.73 Å². The van der Waals surface area contributed by atoms with Crippen LogP contribution in [0.4, 0.5) is 0 Å². The van der Waals surface area contributed by atoms with E-state index in [0.29, 0.717) is 0 Å². The molecular weight excluding hydrogens is 178 g/mol. The normalized spacial score (nSPS) is 15.0. The SMILES string of the molecule is NC(CO)(C(=O)O)C(=O)CCCO. The number of aliphatic hydroxyl groups is 2. The summed E-state index contributed by atoms with van der Waals surface area (Å²) in [6.07, 6.45) is -0.00900. The van der Waals surface area contributed by atoms with E-state index in [2.05, 4.69) is 0 Å². The van der Waals surface area contributed by atoms with Crippen LogP contribution in [0.3, 0.4) is 0 Å². The van der Waals surface area contributed by atoms with E-state index in [9.17, 15) is 9.59 Å². The van der Waals surface area contributed by atoms with Crippen molar-refractivity contribution in [3.05, 3.63) is 0 Å². The Hall–Kier alpha value is -0.980. The molecule has 6 heteroatoms. The molecule has 0 aromatic carbocycles. The standard InChI is InChI=1S/C7H13NO5/c8-7(4-10,6(12)13)5(11)2-1-3-9/h9-10H,1-4,8H2,(H,12,13). The Morgan fingerprint density at radius 1 is 1.31 bits per heavy atom. The number of nitrogens with two attached hydrogens (primary N) is 1. The predicted molar refractivity (Wildman–Crippen MR) is 43.0 cm³/mol. The Labute approximate surface area is 75.0 Å². The summed E-state index contributed by atoms with van der Waals surface area (Å²) in [4.78, 5) is 21.6. The van der Waals surface area contributed by atoms with Gasteiger partial charge in [0, 0.05) is 13.0 Å². The molecule has 0 saturated carbocycles. The molecule has 1 atom stereocenters. The molecule has 0 spiro atoms. The van der Waals surface area contributed by atoms with Gasteiger partial charge in [0.1, 0.15) is 0 Å². The van der Waals surface area contributed by atoms with Crippen molar-refractivity contribution in [3.8, 4) is 0 Å². The summed E-state index contributed by atoms with van der Waals surface area (Å²) in [6, 6.07) is 0. The van der Waals surface area contributed by atoms with Gasteiger partial charge in [-0.3, -0.25) is 4.79 Å². The molecule has 0 amide bonds. The van der Waals surface area contributed by atoms with E-state index < -0.39 is 23.9 Å². The lowest BCUT2D eigenvalue weighted by molar-refractivity contribution is -0.150. The fourth-order valence-corrected chi connectivity index (χ4v) is 0.738. The average molecular weight is 191 g/mol. The zero-order valence-electron chi connectivity index (χ0n) is 7.06. The molecule has 1 unspecified atom stereocenters. The molecule has 0 aromatic rings. The van der Waals surface area contributed by atoms with E-state index in [1.807, 2.05) is 0 Å². The van der Waals surface area contributed by atoms with E-state index in [1.54, 1.807) is 0 Å². The molecule has 6 nitrogen and oxygen atoms in total. The highest BCUT2D eigenvalue weighted by atomic mass is 16.4. The summed E-state index contributed by atoms with van der Waals surface area (Å²) in [7, 11) is 0. The number of carboxylic acid groups (broad SMARTS) is 1. The number of Topliss-reactive ketones (excluding diaryl/α,β-unsaturated/α-hetero) is 1. The highest BCUT2D eigenvalue weighted by molar-refractivity contribution is 6.07. The molecule has 0 saturated heterocycles. The second-order valence-electron chi connectivity index (χ2n) is 2.68. The molecule has 0 aliphatic carbocycles. The van der Waals surface area contributed by atoms with Crippen molar-refractivity contribution in [1.82, 2.24) is 0 Å². The molecule has 5 N–H and O–H groups in total. The maximum atomic E-state index is 11.1. The van der Waals surface area contributed by atoms with Gasteiger partial charge in [0.2, 0.25) is 0 Å². The first-order valence-electron chi connectivity index (χ1n) is 3.76. The molecule has 0 heterocycles. The van der Waals surface area contributed by atoms with Crippen molar-refractivity contribution < 1.29 is 24.9 Å². The predicted octanol–water partition coefficient (Wildman–Crippen LogP) is -1.90. The van der Waals surface area contributed by atoms with Gasteiger partial charge in [-0.25, -0.2) is 4.79 Å². The van der Waals surface area contributed by atoms with Gasteiger partial charge in [0.15, 0.2) is 11.3 Å². The Bertz CT molecular complexity index is 205. The number of carboxylic acids is 1. The third-order valence-corrected chi connectivity index (χ3v) is 1.69. The van der Waals surface area contributed by atoms with Crippen LogP contribution in [0.25, 0.3) is 0 Å². The maximum absolute atomic E-state index is 11.1. The van der Waals surface area contributed by atoms with Crippen molar-refractivity contribution >= 4 is 11.8 Å². The molecule has 0 fully saturated rings. The zero-order chi connectivity index (χ0) is 10.5. The van der Waals surface area contributed by atoms with Gasteiger partial charge in [-0.05, 0) is 6.42 Å². The minimum atomic E-state index is -2.23. The summed E-state index contributed by atoms with van der Waals surface area (Å²) in [5.41, 5.74) is 2.92. The van der Waals surface area contributed by atoms with Gasteiger partial charge in [-0.1, -0.05) is 0 Å². The third kappa shape index (κ3) is 2.76. The smallest absolute Gasteiger partial charge is 0.333 e. The van der Waals surface area contributed by atoms with E-state index >= 15 is 0 Å². The molecule has 76 valence electrons. The monoisotopic (exact) mass is 191 g/mol. The van der Waals surface area contributed by atoms with E-state index in [-0.39, 0.29) is 19.4 Å². The van der Waals surface area contributed by atoms with Crippen molar-refractivity contribution in [2.75, 3.05) is 13.2 Å². The van der Waals surface area contributed by atoms with Gasteiger partial charge < -0.3 is 21.1 Å². The Morgan fingerprint density at radius 3 is 2.15 bits per heavy atom. The highest BCUT2D eigenvalue weighted by Gasteiger charge is 2.40. The lowest BCUT2D eigenvalue weighted by Crippen LogP contribution is -2.57. The molecule has 0 aromatic heterocycles. The topological polar surface area (TPSA) is 121 Å². The number of hydrogen-bond donors (Lipinski definition) is 4. The summed E-state index contributed by atoms with van der Waals surface area (Å²) >= 11 is 0. The first-order chi connectivity index (χ1) is 5.99. The third-order valence-electron chi connectivity index (χ3n) is 1.69. The number of rotatable bonds is 6. The Morgan fingerprint density at radius 2 is 1.85 bits per heavy atom. The number of aliphatic hydroxyl groups excluding tert-OH is 2. The van der Waals surface area contributed by atoms with E-state index in [1.165, 1.54) is 0 Å². The molecular formula is C7H13NO5. The van der Waals surface area contributed by atoms with Gasteiger partial charge >= 0.3 is 5.97 Å². The highest BCUT2D eigenvalue weighted by Crippen LogP contribution is 2.06.